The third-order valence-corrected chi connectivity index (χ3v) is 3.68. The molecule has 2 aromatic carbocycles. The topological polar surface area (TPSA) is 71.9 Å². The second-order valence-corrected chi connectivity index (χ2v) is 5.19. The molecule has 0 aliphatic carbocycles. The number of rotatable bonds is 2. The number of methoxy groups -OCH3 is 1. The van der Waals surface area contributed by atoms with E-state index in [2.05, 4.69) is 11.1 Å². The Morgan fingerprint density at radius 1 is 1.23 bits per heavy atom. The Balaban J connectivity index is 2.45. The highest BCUT2D eigenvalue weighted by Crippen LogP contribution is 2.36. The fraction of sp³-hybridized carbons (Fsp3) is 0.0588. The van der Waals surface area contributed by atoms with Crippen molar-refractivity contribution in [1.29, 1.82) is 5.26 Å². The number of fused-ring (bicyclic) bond motifs is 1. The largest absolute Gasteiger partial charge is 0.497 e. The van der Waals surface area contributed by atoms with Gasteiger partial charge in [0.2, 0.25) is 0 Å². The van der Waals surface area contributed by atoms with Gasteiger partial charge in [-0.15, -0.1) is 0 Å². The van der Waals surface area contributed by atoms with Crippen LogP contribution in [0.3, 0.4) is 0 Å². The number of anilines is 1. The minimum Gasteiger partial charge on any atom is -0.497 e. The van der Waals surface area contributed by atoms with Gasteiger partial charge in [-0.05, 0) is 35.9 Å². The van der Waals surface area contributed by atoms with Crippen molar-refractivity contribution in [3.63, 3.8) is 0 Å². The molecule has 3 aromatic rings. The van der Waals surface area contributed by atoms with Crippen molar-refractivity contribution in [2.45, 2.75) is 0 Å². The molecule has 0 amide bonds. The van der Waals surface area contributed by atoms with Gasteiger partial charge in [0.1, 0.15) is 23.2 Å². The lowest BCUT2D eigenvalue weighted by atomic mass is 9.96. The van der Waals surface area contributed by atoms with Crippen LogP contribution in [0.2, 0.25) is 5.02 Å². The van der Waals surface area contributed by atoms with Gasteiger partial charge in [-0.2, -0.15) is 5.26 Å². The fourth-order valence-electron chi connectivity index (χ4n) is 2.45. The van der Waals surface area contributed by atoms with Crippen LogP contribution in [0.25, 0.3) is 22.0 Å². The van der Waals surface area contributed by atoms with E-state index >= 15 is 0 Å². The molecule has 0 aliphatic heterocycles. The average molecular weight is 310 g/mol. The van der Waals surface area contributed by atoms with Gasteiger partial charge in [0.15, 0.2) is 0 Å². The molecule has 0 spiro atoms. The van der Waals surface area contributed by atoms with E-state index in [1.807, 2.05) is 30.3 Å². The van der Waals surface area contributed by atoms with E-state index in [0.29, 0.717) is 27.4 Å². The summed E-state index contributed by atoms with van der Waals surface area (Å²) < 4.78 is 5.27. The molecule has 108 valence electrons. The lowest BCUT2D eigenvalue weighted by molar-refractivity contribution is 0.415. The lowest BCUT2D eigenvalue weighted by Crippen LogP contribution is -1.99. The van der Waals surface area contributed by atoms with Gasteiger partial charge >= 0.3 is 0 Å². The Morgan fingerprint density at radius 3 is 2.73 bits per heavy atom. The van der Waals surface area contributed by atoms with Crippen LogP contribution in [0, 0.1) is 11.3 Å². The highest BCUT2D eigenvalue weighted by molar-refractivity contribution is 6.31. The molecule has 0 saturated carbocycles. The van der Waals surface area contributed by atoms with E-state index in [9.17, 15) is 5.26 Å². The van der Waals surface area contributed by atoms with Crippen molar-refractivity contribution in [3.05, 3.63) is 53.1 Å². The third-order valence-electron chi connectivity index (χ3n) is 3.45. The van der Waals surface area contributed by atoms with E-state index in [-0.39, 0.29) is 5.82 Å². The summed E-state index contributed by atoms with van der Waals surface area (Å²) in [7, 11) is 1.59. The van der Waals surface area contributed by atoms with Gasteiger partial charge in [-0.25, -0.2) is 4.98 Å². The maximum absolute atomic E-state index is 9.48. The van der Waals surface area contributed by atoms with Crippen molar-refractivity contribution >= 4 is 28.3 Å². The zero-order chi connectivity index (χ0) is 15.7. The molecule has 3 rings (SSSR count). The molecule has 0 aliphatic rings. The number of ether oxygens (including phenoxy) is 1. The third kappa shape index (κ3) is 2.32. The molecule has 4 nitrogen and oxygen atoms in total. The van der Waals surface area contributed by atoms with Crippen molar-refractivity contribution < 1.29 is 4.74 Å². The van der Waals surface area contributed by atoms with Crippen LogP contribution in [-0.4, -0.2) is 12.1 Å². The predicted molar refractivity (Wildman–Crippen MR) is 87.9 cm³/mol. The number of benzene rings is 2. The number of nitriles is 1. The number of pyridine rings is 1. The van der Waals surface area contributed by atoms with E-state index < -0.39 is 0 Å². The first kappa shape index (κ1) is 14.2. The summed E-state index contributed by atoms with van der Waals surface area (Å²) in [6, 6.07) is 14.9. The molecule has 0 unspecified atom stereocenters. The number of nitrogens with zero attached hydrogens (tertiary/aromatic N) is 2. The number of halogens is 1. The summed E-state index contributed by atoms with van der Waals surface area (Å²) in [5.74, 6) is 0.890. The molecule has 2 N–H and O–H groups in total. The van der Waals surface area contributed by atoms with Crippen molar-refractivity contribution in [3.8, 4) is 22.9 Å². The quantitative estimate of drug-likeness (QED) is 0.776. The second-order valence-electron chi connectivity index (χ2n) is 4.75. The summed E-state index contributed by atoms with van der Waals surface area (Å²) in [5, 5.41) is 10.9. The first-order chi connectivity index (χ1) is 10.6. The fourth-order valence-corrected chi connectivity index (χ4v) is 2.64. The zero-order valence-electron chi connectivity index (χ0n) is 11.8. The molecule has 1 heterocycles. The van der Waals surface area contributed by atoms with Crippen LogP contribution >= 0.6 is 11.6 Å². The molecule has 0 fully saturated rings. The number of nitrogens with two attached hydrogens (primary N) is 1. The normalized spacial score (nSPS) is 10.4. The van der Waals surface area contributed by atoms with Crippen LogP contribution in [0.15, 0.2) is 42.5 Å². The number of aromatic nitrogens is 1. The van der Waals surface area contributed by atoms with Crippen LogP contribution in [0.5, 0.6) is 5.75 Å². The van der Waals surface area contributed by atoms with Gasteiger partial charge in [0.05, 0.1) is 12.6 Å². The van der Waals surface area contributed by atoms with Gasteiger partial charge in [-0.3, -0.25) is 0 Å². The molecule has 0 saturated heterocycles. The van der Waals surface area contributed by atoms with Crippen molar-refractivity contribution in [2.75, 3.05) is 12.8 Å². The molecule has 0 radical (unpaired) electrons. The van der Waals surface area contributed by atoms with Crippen LogP contribution < -0.4 is 10.5 Å². The van der Waals surface area contributed by atoms with E-state index in [1.54, 1.807) is 19.2 Å². The average Bonchev–Trinajstić information content (AvgIpc) is 2.53. The summed E-state index contributed by atoms with van der Waals surface area (Å²) in [6.07, 6.45) is 0. The first-order valence-electron chi connectivity index (χ1n) is 6.57. The predicted octanol–water partition coefficient (Wildman–Crippen LogP) is 4.02. The van der Waals surface area contributed by atoms with Gasteiger partial charge in [0.25, 0.3) is 0 Å². The minimum absolute atomic E-state index is 0.204. The van der Waals surface area contributed by atoms with Crippen molar-refractivity contribution in [2.24, 2.45) is 0 Å². The van der Waals surface area contributed by atoms with Gasteiger partial charge < -0.3 is 10.5 Å². The molecule has 0 atom stereocenters. The molecule has 1 aromatic heterocycles. The molecule has 22 heavy (non-hydrogen) atoms. The standard InChI is InChI=1S/C17H12ClN3O/c1-22-12-5-6-15-13(8-12)16(14(9-19)17(20)21-15)10-3-2-4-11(18)7-10/h2-8H,1H3,(H2,20,21). The monoisotopic (exact) mass is 309 g/mol. The van der Waals surface area contributed by atoms with E-state index in [1.165, 1.54) is 0 Å². The Bertz CT molecular complexity index is 916. The van der Waals surface area contributed by atoms with Crippen LogP contribution in [0.4, 0.5) is 5.82 Å². The Morgan fingerprint density at radius 2 is 2.05 bits per heavy atom. The molecular formula is C17H12ClN3O. The number of hydrogen-bond acceptors (Lipinski definition) is 4. The SMILES string of the molecule is COc1ccc2nc(N)c(C#N)c(-c3cccc(Cl)c3)c2c1. The van der Waals surface area contributed by atoms with Crippen LogP contribution in [0.1, 0.15) is 5.56 Å². The van der Waals surface area contributed by atoms with E-state index in [0.717, 1.165) is 10.9 Å². The summed E-state index contributed by atoms with van der Waals surface area (Å²) in [6.45, 7) is 0. The lowest BCUT2D eigenvalue weighted by Gasteiger charge is -2.12. The molecule has 0 bridgehead atoms. The van der Waals surface area contributed by atoms with Crippen molar-refractivity contribution in [1.82, 2.24) is 4.98 Å². The zero-order valence-corrected chi connectivity index (χ0v) is 12.6. The minimum atomic E-state index is 0.204. The molecule has 5 heteroatoms. The number of hydrogen-bond donors (Lipinski definition) is 1. The first-order valence-corrected chi connectivity index (χ1v) is 6.95. The smallest absolute Gasteiger partial charge is 0.142 e. The number of nitrogen functional groups attached to an aromatic ring is 1. The Hall–Kier alpha value is -2.77. The summed E-state index contributed by atoms with van der Waals surface area (Å²) >= 11 is 6.09. The highest BCUT2D eigenvalue weighted by Gasteiger charge is 2.16. The van der Waals surface area contributed by atoms with E-state index in [4.69, 9.17) is 22.1 Å². The summed E-state index contributed by atoms with van der Waals surface area (Å²) in [5.41, 5.74) is 8.51. The van der Waals surface area contributed by atoms with Crippen LogP contribution in [-0.2, 0) is 0 Å². The maximum Gasteiger partial charge on any atom is 0.142 e. The maximum atomic E-state index is 9.48. The second kappa shape index (κ2) is 5.55. The Labute approximate surface area is 132 Å². The summed E-state index contributed by atoms with van der Waals surface area (Å²) in [4.78, 5) is 4.30. The highest BCUT2D eigenvalue weighted by atomic mass is 35.5. The molecular weight excluding hydrogens is 298 g/mol. The van der Waals surface area contributed by atoms with Gasteiger partial charge in [0, 0.05) is 16.0 Å². The van der Waals surface area contributed by atoms with Gasteiger partial charge in [-0.1, -0.05) is 23.7 Å². The Kier molecular flexibility index (Phi) is 3.58.